The van der Waals surface area contributed by atoms with E-state index in [0.717, 1.165) is 11.5 Å². The van der Waals surface area contributed by atoms with Gasteiger partial charge in [-0.2, -0.15) is 0 Å². The highest BCUT2D eigenvalue weighted by Crippen LogP contribution is 2.24. The lowest BCUT2D eigenvalue weighted by atomic mass is 10.3. The summed E-state index contributed by atoms with van der Waals surface area (Å²) >= 11 is 3.66. The smallest absolute Gasteiger partial charge is 0.0907 e. The van der Waals surface area contributed by atoms with Crippen molar-refractivity contribution in [3.63, 3.8) is 0 Å². The molecule has 116 valence electrons. The van der Waals surface area contributed by atoms with Crippen molar-refractivity contribution >= 4 is 23.5 Å². The molecule has 0 N–H and O–H groups in total. The largest absolute Gasteiger partial charge is 0.376 e. The van der Waals surface area contributed by atoms with Crippen molar-refractivity contribution < 1.29 is 9.47 Å². The summed E-state index contributed by atoms with van der Waals surface area (Å²) in [4.78, 5) is 2.57. The standard InChI is InChI=1S/C18H20O2S2/c1-3-7-17(8-4-1)21-13-15-11-19-12-16(20-15)14-22-18-9-5-2-6-10-18/h1-10,15-16H,11-14H2. The predicted octanol–water partition coefficient (Wildman–Crippen LogP) is 4.36. The molecule has 1 fully saturated rings. The van der Waals surface area contributed by atoms with E-state index in [4.69, 9.17) is 9.47 Å². The van der Waals surface area contributed by atoms with E-state index >= 15 is 0 Å². The van der Waals surface area contributed by atoms with Gasteiger partial charge in [0, 0.05) is 21.3 Å². The summed E-state index contributed by atoms with van der Waals surface area (Å²) in [6.45, 7) is 1.40. The Morgan fingerprint density at radius 2 is 1.18 bits per heavy atom. The molecule has 2 nitrogen and oxygen atoms in total. The van der Waals surface area contributed by atoms with E-state index < -0.39 is 0 Å². The molecule has 1 aliphatic heterocycles. The number of benzene rings is 2. The Bertz CT molecular complexity index is 498. The molecule has 2 unspecified atom stereocenters. The van der Waals surface area contributed by atoms with Gasteiger partial charge in [0.15, 0.2) is 0 Å². The second-order valence-corrected chi connectivity index (χ2v) is 7.35. The van der Waals surface area contributed by atoms with Crippen molar-refractivity contribution in [3.05, 3.63) is 60.7 Å². The molecule has 0 bridgehead atoms. The Kier molecular flexibility index (Phi) is 6.25. The molecule has 0 aromatic heterocycles. The second-order valence-electron chi connectivity index (χ2n) is 5.17. The normalized spacial score (nSPS) is 21.6. The molecule has 0 radical (unpaired) electrons. The molecule has 1 heterocycles. The second kappa shape index (κ2) is 8.63. The van der Waals surface area contributed by atoms with Crippen LogP contribution in [0.1, 0.15) is 0 Å². The van der Waals surface area contributed by atoms with Gasteiger partial charge in [-0.15, -0.1) is 23.5 Å². The van der Waals surface area contributed by atoms with E-state index in [0.29, 0.717) is 13.2 Å². The maximum Gasteiger partial charge on any atom is 0.0907 e. The van der Waals surface area contributed by atoms with Gasteiger partial charge in [0.25, 0.3) is 0 Å². The zero-order valence-corrected chi connectivity index (χ0v) is 14.0. The van der Waals surface area contributed by atoms with Crippen LogP contribution in [0.15, 0.2) is 70.5 Å². The molecule has 2 atom stereocenters. The Labute approximate surface area is 140 Å². The predicted molar refractivity (Wildman–Crippen MR) is 93.8 cm³/mol. The zero-order chi connectivity index (χ0) is 15.0. The quantitative estimate of drug-likeness (QED) is 0.732. The number of thioether (sulfide) groups is 2. The number of hydrogen-bond acceptors (Lipinski definition) is 4. The SMILES string of the molecule is c1ccc(SCC2COCC(CSc3ccccc3)O2)cc1. The van der Waals surface area contributed by atoms with E-state index in [-0.39, 0.29) is 12.2 Å². The molecule has 4 heteroatoms. The summed E-state index contributed by atoms with van der Waals surface area (Å²) in [5.74, 6) is 1.88. The van der Waals surface area contributed by atoms with Crippen molar-refractivity contribution in [1.29, 1.82) is 0 Å². The van der Waals surface area contributed by atoms with E-state index in [1.54, 1.807) is 0 Å². The van der Waals surface area contributed by atoms with Crippen LogP contribution in [0.2, 0.25) is 0 Å². The lowest BCUT2D eigenvalue weighted by Gasteiger charge is -2.30. The first-order valence-electron chi connectivity index (χ1n) is 7.49. The number of rotatable bonds is 6. The van der Waals surface area contributed by atoms with Crippen LogP contribution >= 0.6 is 23.5 Å². The van der Waals surface area contributed by atoms with Gasteiger partial charge in [-0.25, -0.2) is 0 Å². The number of hydrogen-bond donors (Lipinski definition) is 0. The summed E-state index contributed by atoms with van der Waals surface area (Å²) in [7, 11) is 0. The summed E-state index contributed by atoms with van der Waals surface area (Å²) in [5.41, 5.74) is 0. The lowest BCUT2D eigenvalue weighted by molar-refractivity contribution is -0.119. The van der Waals surface area contributed by atoms with Crippen molar-refractivity contribution in [2.24, 2.45) is 0 Å². The van der Waals surface area contributed by atoms with E-state index in [9.17, 15) is 0 Å². The average molecular weight is 332 g/mol. The minimum atomic E-state index is 0.181. The van der Waals surface area contributed by atoms with Gasteiger partial charge >= 0.3 is 0 Å². The highest BCUT2D eigenvalue weighted by Gasteiger charge is 2.23. The number of ether oxygens (including phenoxy) is 2. The fourth-order valence-corrected chi connectivity index (χ4v) is 4.07. The van der Waals surface area contributed by atoms with Crippen LogP contribution in [0.3, 0.4) is 0 Å². The third kappa shape index (κ3) is 5.06. The third-order valence-electron chi connectivity index (χ3n) is 3.35. The molecule has 1 aliphatic rings. The summed E-state index contributed by atoms with van der Waals surface area (Å²) in [6, 6.07) is 20.9. The average Bonchev–Trinajstić information content (AvgIpc) is 2.60. The monoisotopic (exact) mass is 332 g/mol. The maximum absolute atomic E-state index is 6.16. The van der Waals surface area contributed by atoms with Gasteiger partial charge in [-0.05, 0) is 24.3 Å². The third-order valence-corrected chi connectivity index (χ3v) is 5.64. The van der Waals surface area contributed by atoms with Crippen LogP contribution in [0.4, 0.5) is 0 Å². The summed E-state index contributed by atoms with van der Waals surface area (Å²) < 4.78 is 11.9. The highest BCUT2D eigenvalue weighted by atomic mass is 32.2. The van der Waals surface area contributed by atoms with Gasteiger partial charge in [0.1, 0.15) is 0 Å². The van der Waals surface area contributed by atoms with Crippen LogP contribution in [0.25, 0.3) is 0 Å². The molecular weight excluding hydrogens is 312 g/mol. The van der Waals surface area contributed by atoms with E-state index in [2.05, 4.69) is 48.5 Å². The first-order chi connectivity index (χ1) is 10.9. The maximum atomic E-state index is 6.16. The minimum Gasteiger partial charge on any atom is -0.376 e. The molecule has 0 spiro atoms. The van der Waals surface area contributed by atoms with Gasteiger partial charge < -0.3 is 9.47 Å². The molecule has 3 rings (SSSR count). The Morgan fingerprint density at radius 3 is 1.64 bits per heavy atom. The Balaban J connectivity index is 1.43. The molecule has 0 saturated carbocycles. The first kappa shape index (κ1) is 15.9. The molecule has 1 saturated heterocycles. The van der Waals surface area contributed by atoms with Crippen molar-refractivity contribution in [2.45, 2.75) is 22.0 Å². The van der Waals surface area contributed by atoms with Crippen molar-refractivity contribution in [1.82, 2.24) is 0 Å². The van der Waals surface area contributed by atoms with Gasteiger partial charge in [0.05, 0.1) is 25.4 Å². The lowest BCUT2D eigenvalue weighted by Crippen LogP contribution is -2.38. The molecule has 22 heavy (non-hydrogen) atoms. The van der Waals surface area contributed by atoms with Gasteiger partial charge in [-0.1, -0.05) is 36.4 Å². The topological polar surface area (TPSA) is 18.5 Å². The van der Waals surface area contributed by atoms with E-state index in [1.807, 2.05) is 35.7 Å². The molecule has 2 aromatic rings. The minimum absolute atomic E-state index is 0.181. The summed E-state index contributed by atoms with van der Waals surface area (Å²) in [6.07, 6.45) is 0.362. The van der Waals surface area contributed by atoms with Gasteiger partial charge in [-0.3, -0.25) is 0 Å². The fraction of sp³-hybridized carbons (Fsp3) is 0.333. The molecule has 2 aromatic carbocycles. The molecule has 0 aliphatic carbocycles. The van der Waals surface area contributed by atoms with E-state index in [1.165, 1.54) is 9.79 Å². The van der Waals surface area contributed by atoms with Crippen LogP contribution in [-0.4, -0.2) is 36.9 Å². The Morgan fingerprint density at radius 1 is 0.727 bits per heavy atom. The van der Waals surface area contributed by atoms with Crippen LogP contribution in [0, 0.1) is 0 Å². The molecular formula is C18H20O2S2. The van der Waals surface area contributed by atoms with Crippen LogP contribution < -0.4 is 0 Å². The summed E-state index contributed by atoms with van der Waals surface area (Å²) in [5, 5.41) is 0. The van der Waals surface area contributed by atoms with Crippen molar-refractivity contribution in [2.75, 3.05) is 24.7 Å². The van der Waals surface area contributed by atoms with Crippen LogP contribution in [-0.2, 0) is 9.47 Å². The zero-order valence-electron chi connectivity index (χ0n) is 12.4. The van der Waals surface area contributed by atoms with Gasteiger partial charge in [0.2, 0.25) is 0 Å². The fourth-order valence-electron chi connectivity index (χ4n) is 2.27. The van der Waals surface area contributed by atoms with Crippen LogP contribution in [0.5, 0.6) is 0 Å². The molecule has 0 amide bonds. The first-order valence-corrected chi connectivity index (χ1v) is 9.46. The Hall–Kier alpha value is -0.940. The highest BCUT2D eigenvalue weighted by molar-refractivity contribution is 7.99. The van der Waals surface area contributed by atoms with Crippen molar-refractivity contribution in [3.8, 4) is 0 Å².